The number of amides is 1. The van der Waals surface area contributed by atoms with Gasteiger partial charge in [0.25, 0.3) is 5.91 Å². The average Bonchev–Trinajstić information content (AvgIpc) is 2.81. The van der Waals surface area contributed by atoms with Crippen molar-refractivity contribution in [1.29, 1.82) is 0 Å². The van der Waals surface area contributed by atoms with Crippen LogP contribution in [0, 0.1) is 5.92 Å². The lowest BCUT2D eigenvalue weighted by molar-refractivity contribution is 0.0827. The smallest absolute Gasteiger partial charge is 0.253 e. The lowest BCUT2D eigenvalue weighted by atomic mass is 9.79. The third-order valence-corrected chi connectivity index (χ3v) is 6.19. The van der Waals surface area contributed by atoms with Crippen LogP contribution < -0.4 is 10.6 Å². The highest BCUT2D eigenvalue weighted by atomic mass is 127. The lowest BCUT2D eigenvalue weighted by Gasteiger charge is -2.29. The molecule has 0 bridgehead atoms. The SMILES string of the molecule is CN=C(NCCc1cccc(C(=O)N(C)C)c1)NCC1CCC(c2ccccc2)CC1.I. The van der Waals surface area contributed by atoms with Crippen LogP contribution in [0.25, 0.3) is 0 Å². The van der Waals surface area contributed by atoms with Gasteiger partial charge < -0.3 is 15.5 Å². The summed E-state index contributed by atoms with van der Waals surface area (Å²) in [5.41, 5.74) is 3.37. The number of benzene rings is 2. The number of carbonyl (C=O) groups excluding carboxylic acids is 1. The minimum absolute atomic E-state index is 0. The normalized spacial score (nSPS) is 18.4. The van der Waals surface area contributed by atoms with Crippen molar-refractivity contribution in [2.45, 2.75) is 38.0 Å². The quantitative estimate of drug-likeness (QED) is 0.300. The highest BCUT2D eigenvalue weighted by Gasteiger charge is 2.22. The van der Waals surface area contributed by atoms with Crippen LogP contribution in [-0.2, 0) is 6.42 Å². The predicted molar refractivity (Wildman–Crippen MR) is 144 cm³/mol. The molecule has 1 saturated carbocycles. The van der Waals surface area contributed by atoms with Gasteiger partial charge in [0.05, 0.1) is 0 Å². The number of carbonyl (C=O) groups is 1. The minimum atomic E-state index is 0. The highest BCUT2D eigenvalue weighted by Crippen LogP contribution is 2.35. The first-order valence-corrected chi connectivity index (χ1v) is 11.4. The molecule has 0 atom stereocenters. The number of hydrogen-bond donors (Lipinski definition) is 2. The molecular formula is C26H37IN4O. The Labute approximate surface area is 210 Å². The van der Waals surface area contributed by atoms with Crippen LogP contribution in [0.2, 0.25) is 0 Å². The summed E-state index contributed by atoms with van der Waals surface area (Å²) in [6.07, 6.45) is 5.90. The molecule has 2 aromatic carbocycles. The van der Waals surface area contributed by atoms with E-state index >= 15 is 0 Å². The summed E-state index contributed by atoms with van der Waals surface area (Å²) >= 11 is 0. The van der Waals surface area contributed by atoms with E-state index in [-0.39, 0.29) is 29.9 Å². The molecule has 0 unspecified atom stereocenters. The van der Waals surface area contributed by atoms with Gasteiger partial charge in [0.15, 0.2) is 5.96 Å². The molecule has 2 N–H and O–H groups in total. The van der Waals surface area contributed by atoms with Gasteiger partial charge in [-0.05, 0) is 67.2 Å². The van der Waals surface area contributed by atoms with E-state index in [1.54, 1.807) is 19.0 Å². The Balaban J connectivity index is 0.00000363. The maximum atomic E-state index is 12.1. The van der Waals surface area contributed by atoms with Gasteiger partial charge in [-0.2, -0.15) is 0 Å². The molecule has 0 aliphatic heterocycles. The van der Waals surface area contributed by atoms with Crippen molar-refractivity contribution in [2.75, 3.05) is 34.2 Å². The zero-order chi connectivity index (χ0) is 22.1. The van der Waals surface area contributed by atoms with E-state index in [0.29, 0.717) is 11.8 Å². The number of aliphatic imine (C=N–C) groups is 1. The molecule has 1 fully saturated rings. The Morgan fingerprint density at radius 3 is 2.38 bits per heavy atom. The first-order chi connectivity index (χ1) is 15.1. The van der Waals surface area contributed by atoms with E-state index in [4.69, 9.17) is 0 Å². The lowest BCUT2D eigenvalue weighted by Crippen LogP contribution is -2.41. The fourth-order valence-electron chi connectivity index (χ4n) is 4.33. The topological polar surface area (TPSA) is 56.7 Å². The molecule has 5 nitrogen and oxygen atoms in total. The van der Waals surface area contributed by atoms with Gasteiger partial charge >= 0.3 is 0 Å². The van der Waals surface area contributed by atoms with Crippen molar-refractivity contribution >= 4 is 35.8 Å². The molecule has 2 aromatic rings. The molecule has 0 aromatic heterocycles. The van der Waals surface area contributed by atoms with Crippen molar-refractivity contribution in [1.82, 2.24) is 15.5 Å². The molecule has 0 saturated heterocycles. The Bertz CT molecular complexity index is 861. The number of rotatable bonds is 7. The third-order valence-electron chi connectivity index (χ3n) is 6.19. The number of halogens is 1. The molecule has 1 amide bonds. The number of nitrogens with one attached hydrogen (secondary N) is 2. The summed E-state index contributed by atoms with van der Waals surface area (Å²) in [5, 5.41) is 6.91. The van der Waals surface area contributed by atoms with Crippen molar-refractivity contribution in [3.63, 3.8) is 0 Å². The maximum Gasteiger partial charge on any atom is 0.253 e. The van der Waals surface area contributed by atoms with Gasteiger partial charge in [-0.3, -0.25) is 9.79 Å². The summed E-state index contributed by atoms with van der Waals surface area (Å²) in [5.74, 6) is 2.30. The number of guanidine groups is 1. The van der Waals surface area contributed by atoms with E-state index < -0.39 is 0 Å². The molecule has 1 aliphatic rings. The molecular weight excluding hydrogens is 511 g/mol. The van der Waals surface area contributed by atoms with Crippen molar-refractivity contribution < 1.29 is 4.79 Å². The van der Waals surface area contributed by atoms with E-state index in [2.05, 4.69) is 52.0 Å². The molecule has 1 aliphatic carbocycles. The van der Waals surface area contributed by atoms with Crippen LogP contribution >= 0.6 is 24.0 Å². The minimum Gasteiger partial charge on any atom is -0.356 e. The van der Waals surface area contributed by atoms with Gasteiger partial charge in [-0.1, -0.05) is 42.5 Å². The van der Waals surface area contributed by atoms with Crippen molar-refractivity contribution in [3.05, 3.63) is 71.3 Å². The van der Waals surface area contributed by atoms with Crippen LogP contribution in [0.3, 0.4) is 0 Å². The summed E-state index contributed by atoms with van der Waals surface area (Å²) in [4.78, 5) is 18.1. The average molecular weight is 549 g/mol. The number of hydrogen-bond acceptors (Lipinski definition) is 2. The monoisotopic (exact) mass is 548 g/mol. The summed E-state index contributed by atoms with van der Waals surface area (Å²) in [7, 11) is 5.37. The molecule has 32 heavy (non-hydrogen) atoms. The predicted octanol–water partition coefficient (Wildman–Crippen LogP) is 4.69. The van der Waals surface area contributed by atoms with E-state index in [0.717, 1.165) is 36.6 Å². The maximum absolute atomic E-state index is 12.1. The van der Waals surface area contributed by atoms with Crippen LogP contribution in [0.5, 0.6) is 0 Å². The fourth-order valence-corrected chi connectivity index (χ4v) is 4.33. The van der Waals surface area contributed by atoms with Crippen molar-refractivity contribution in [2.24, 2.45) is 10.9 Å². The van der Waals surface area contributed by atoms with Crippen LogP contribution in [0.1, 0.15) is 53.1 Å². The largest absolute Gasteiger partial charge is 0.356 e. The standard InChI is InChI=1S/C26H36N4O.HI/c1-27-26(28-17-16-20-8-7-11-24(18-20)25(31)30(2)3)29-19-21-12-14-23(15-13-21)22-9-5-4-6-10-22;/h4-11,18,21,23H,12-17,19H2,1-3H3,(H2,27,28,29);1H. The van der Waals surface area contributed by atoms with Crippen LogP contribution in [-0.4, -0.2) is 51.0 Å². The van der Waals surface area contributed by atoms with Gasteiger partial charge in [0, 0.05) is 39.8 Å². The zero-order valence-corrected chi connectivity index (χ0v) is 21.8. The molecule has 0 radical (unpaired) electrons. The first kappa shape index (κ1) is 26.2. The molecule has 0 spiro atoms. The van der Waals surface area contributed by atoms with Crippen molar-refractivity contribution in [3.8, 4) is 0 Å². The number of nitrogens with zero attached hydrogens (tertiary/aromatic N) is 2. The Hall–Kier alpha value is -2.09. The Morgan fingerprint density at radius 1 is 1.00 bits per heavy atom. The summed E-state index contributed by atoms with van der Waals surface area (Å²) in [6, 6.07) is 18.8. The molecule has 6 heteroatoms. The van der Waals surface area contributed by atoms with E-state index in [1.165, 1.54) is 31.2 Å². The van der Waals surface area contributed by atoms with Gasteiger partial charge in [0.1, 0.15) is 0 Å². The van der Waals surface area contributed by atoms with E-state index in [9.17, 15) is 4.79 Å². The van der Waals surface area contributed by atoms with Crippen LogP contribution in [0.4, 0.5) is 0 Å². The Kier molecular flexibility index (Phi) is 11.0. The third kappa shape index (κ3) is 7.80. The van der Waals surface area contributed by atoms with E-state index in [1.807, 2.05) is 25.2 Å². The first-order valence-electron chi connectivity index (χ1n) is 11.4. The molecule has 0 heterocycles. The second kappa shape index (κ2) is 13.5. The van der Waals surface area contributed by atoms with Gasteiger partial charge in [-0.15, -0.1) is 24.0 Å². The summed E-state index contributed by atoms with van der Waals surface area (Å²) in [6.45, 7) is 1.74. The van der Waals surface area contributed by atoms with Gasteiger partial charge in [-0.25, -0.2) is 0 Å². The zero-order valence-electron chi connectivity index (χ0n) is 19.5. The van der Waals surface area contributed by atoms with Crippen LogP contribution in [0.15, 0.2) is 59.6 Å². The fraction of sp³-hybridized carbons (Fsp3) is 0.462. The Morgan fingerprint density at radius 2 is 1.72 bits per heavy atom. The van der Waals surface area contributed by atoms with Gasteiger partial charge in [0.2, 0.25) is 0 Å². The second-order valence-electron chi connectivity index (χ2n) is 8.66. The molecule has 3 rings (SSSR count). The molecule has 174 valence electrons. The summed E-state index contributed by atoms with van der Waals surface area (Å²) < 4.78 is 0. The highest BCUT2D eigenvalue weighted by molar-refractivity contribution is 14.0. The second-order valence-corrected chi connectivity index (χ2v) is 8.66.